The van der Waals surface area contributed by atoms with Crippen molar-refractivity contribution in [2.75, 3.05) is 20.3 Å². The molecule has 3 aromatic heterocycles. The molecule has 0 N–H and O–H groups in total. The largest absolute Gasteiger partial charge is 0.493 e. The summed E-state index contributed by atoms with van der Waals surface area (Å²) in [5.74, 6) is 1.43. The average molecular weight is 638 g/mol. The van der Waals surface area contributed by atoms with Gasteiger partial charge in [0.1, 0.15) is 5.69 Å². The lowest BCUT2D eigenvalue weighted by atomic mass is 10.1. The Morgan fingerprint density at radius 2 is 1.65 bits per heavy atom. The zero-order chi connectivity index (χ0) is 32.0. The van der Waals surface area contributed by atoms with E-state index in [2.05, 4.69) is 10.1 Å². The molecule has 0 saturated carbocycles. The fourth-order valence-corrected chi connectivity index (χ4v) is 5.66. The summed E-state index contributed by atoms with van der Waals surface area (Å²) in [6.07, 6.45) is 8.83. The van der Waals surface area contributed by atoms with Crippen LogP contribution in [-0.2, 0) is 0 Å². The minimum atomic E-state index is -0.478. The van der Waals surface area contributed by atoms with Crippen LogP contribution in [0.25, 0.3) is 40.1 Å². The first-order valence-corrected chi connectivity index (χ1v) is 15.8. The Kier molecular flexibility index (Phi) is 9.20. The molecule has 0 amide bonds. The molecule has 0 atom stereocenters. The molecule has 3 heterocycles. The molecule has 6 rings (SSSR count). The van der Waals surface area contributed by atoms with Gasteiger partial charge in [-0.15, -0.1) is 5.10 Å². The summed E-state index contributed by atoms with van der Waals surface area (Å²) in [4.78, 5) is 18.4. The second-order valence-corrected chi connectivity index (χ2v) is 11.4. The van der Waals surface area contributed by atoms with Crippen LogP contribution in [0.5, 0.6) is 17.2 Å². The minimum Gasteiger partial charge on any atom is -0.493 e. The number of aromatic nitrogens is 5. The van der Waals surface area contributed by atoms with E-state index in [1.165, 1.54) is 21.9 Å². The van der Waals surface area contributed by atoms with Gasteiger partial charge in [-0.1, -0.05) is 55.5 Å². The van der Waals surface area contributed by atoms with Crippen molar-refractivity contribution < 1.29 is 18.6 Å². The van der Waals surface area contributed by atoms with Gasteiger partial charge in [0.25, 0.3) is 5.56 Å². The molecule has 0 unspecified atom stereocenters. The molecule has 0 spiro atoms. The molecule has 11 heteroatoms. The van der Waals surface area contributed by atoms with E-state index in [1.54, 1.807) is 36.1 Å². The Morgan fingerprint density at radius 1 is 0.891 bits per heavy atom. The molecular weight excluding hydrogens is 605 g/mol. The van der Waals surface area contributed by atoms with E-state index in [1.807, 2.05) is 74.7 Å². The third-order valence-corrected chi connectivity index (χ3v) is 7.95. The molecule has 46 heavy (non-hydrogen) atoms. The Balaban J connectivity index is 1.33. The molecular formula is C35H32FN5O4S. The number of nitrogens with zero attached hydrogens (tertiary/aromatic N) is 5. The Morgan fingerprint density at radius 3 is 2.37 bits per heavy atom. The zero-order valence-corrected chi connectivity index (χ0v) is 26.5. The zero-order valence-electron chi connectivity index (χ0n) is 25.6. The summed E-state index contributed by atoms with van der Waals surface area (Å²) in [7, 11) is 1.60. The van der Waals surface area contributed by atoms with Crippen LogP contribution >= 0.6 is 11.3 Å². The number of methoxy groups -OCH3 is 1. The summed E-state index contributed by atoms with van der Waals surface area (Å²) in [6, 6.07) is 20.0. The van der Waals surface area contributed by atoms with Crippen molar-refractivity contribution in [2.24, 2.45) is 0 Å². The average Bonchev–Trinajstić information content (AvgIpc) is 3.77. The van der Waals surface area contributed by atoms with Crippen molar-refractivity contribution in [3.05, 3.63) is 111 Å². The molecule has 0 bridgehead atoms. The molecule has 0 fully saturated rings. The number of benzene rings is 3. The van der Waals surface area contributed by atoms with Gasteiger partial charge < -0.3 is 14.2 Å². The number of para-hydroxylation sites is 1. The molecule has 3 aromatic carbocycles. The maximum absolute atomic E-state index is 15.0. The number of halogens is 1. The van der Waals surface area contributed by atoms with Gasteiger partial charge in [0.15, 0.2) is 28.9 Å². The molecule has 0 aliphatic rings. The molecule has 0 saturated heterocycles. The van der Waals surface area contributed by atoms with Gasteiger partial charge in [0.2, 0.25) is 4.96 Å². The second kappa shape index (κ2) is 13.8. The Bertz CT molecular complexity index is 2120. The van der Waals surface area contributed by atoms with Gasteiger partial charge in [0, 0.05) is 17.3 Å². The highest BCUT2D eigenvalue weighted by Gasteiger charge is 2.16. The van der Waals surface area contributed by atoms with E-state index in [4.69, 9.17) is 19.3 Å². The van der Waals surface area contributed by atoms with Crippen LogP contribution in [0, 0.1) is 5.82 Å². The lowest BCUT2D eigenvalue weighted by Gasteiger charge is -2.10. The topological polar surface area (TPSA) is 92.8 Å². The smallest absolute Gasteiger partial charge is 0.291 e. The predicted molar refractivity (Wildman–Crippen MR) is 178 cm³/mol. The minimum absolute atomic E-state index is 0.188. The number of fused-ring (bicyclic) bond motifs is 1. The van der Waals surface area contributed by atoms with Crippen LogP contribution < -0.4 is 24.3 Å². The summed E-state index contributed by atoms with van der Waals surface area (Å²) < 4.78 is 35.1. The van der Waals surface area contributed by atoms with E-state index in [9.17, 15) is 9.18 Å². The third-order valence-electron chi connectivity index (χ3n) is 6.99. The van der Waals surface area contributed by atoms with Crippen LogP contribution in [0.15, 0.2) is 77.7 Å². The van der Waals surface area contributed by atoms with Crippen LogP contribution in [-0.4, -0.2) is 44.7 Å². The van der Waals surface area contributed by atoms with Gasteiger partial charge in [-0.3, -0.25) is 4.79 Å². The maximum Gasteiger partial charge on any atom is 0.291 e. The van der Waals surface area contributed by atoms with Crippen molar-refractivity contribution in [3.63, 3.8) is 0 Å². The van der Waals surface area contributed by atoms with Crippen molar-refractivity contribution in [2.45, 2.75) is 26.7 Å². The monoisotopic (exact) mass is 637 g/mol. The van der Waals surface area contributed by atoms with Gasteiger partial charge in [-0.05, 0) is 73.0 Å². The summed E-state index contributed by atoms with van der Waals surface area (Å²) >= 11 is 1.22. The Hall–Kier alpha value is -5.29. The predicted octanol–water partition coefficient (Wildman–Crippen LogP) is 6.45. The van der Waals surface area contributed by atoms with Crippen LogP contribution in [0.3, 0.4) is 0 Å². The van der Waals surface area contributed by atoms with Gasteiger partial charge in [-0.25, -0.2) is 9.07 Å². The van der Waals surface area contributed by atoms with Gasteiger partial charge >= 0.3 is 0 Å². The van der Waals surface area contributed by atoms with E-state index in [0.717, 1.165) is 24.1 Å². The SMILES string of the molecule is CCCOc1ccc(-c2nn(-c3ccccc3)cc2/C=c2\sc3nc(/C=C/c4ccc(OCCC)c(OC)c4)nn3c2=O)cc1F. The van der Waals surface area contributed by atoms with Crippen LogP contribution in [0.2, 0.25) is 0 Å². The highest BCUT2D eigenvalue weighted by Crippen LogP contribution is 2.30. The van der Waals surface area contributed by atoms with Gasteiger partial charge in [-0.2, -0.15) is 14.6 Å². The molecule has 0 aliphatic carbocycles. The second-order valence-electron chi connectivity index (χ2n) is 10.4. The lowest BCUT2D eigenvalue weighted by molar-refractivity contribution is 0.294. The summed E-state index contributed by atoms with van der Waals surface area (Å²) in [6.45, 7) is 5.04. The fraction of sp³-hybridized carbons (Fsp3) is 0.200. The van der Waals surface area contributed by atoms with Crippen molar-refractivity contribution in [3.8, 4) is 34.2 Å². The molecule has 9 nitrogen and oxygen atoms in total. The number of hydrogen-bond donors (Lipinski definition) is 0. The molecule has 0 radical (unpaired) electrons. The van der Waals surface area contributed by atoms with E-state index < -0.39 is 5.82 Å². The number of thiazole rings is 1. The van der Waals surface area contributed by atoms with E-state index >= 15 is 0 Å². The normalized spacial score (nSPS) is 12.0. The van der Waals surface area contributed by atoms with E-state index in [-0.39, 0.29) is 11.3 Å². The van der Waals surface area contributed by atoms with Gasteiger partial charge in [0.05, 0.1) is 30.5 Å². The highest BCUT2D eigenvalue weighted by molar-refractivity contribution is 7.15. The van der Waals surface area contributed by atoms with Crippen molar-refractivity contribution in [1.82, 2.24) is 24.4 Å². The first-order chi connectivity index (χ1) is 22.5. The number of rotatable bonds is 12. The number of ether oxygens (including phenoxy) is 3. The highest BCUT2D eigenvalue weighted by atomic mass is 32.1. The first kappa shape index (κ1) is 30.7. The summed E-state index contributed by atoms with van der Waals surface area (Å²) in [5, 5.41) is 9.19. The third kappa shape index (κ3) is 6.54. The van der Waals surface area contributed by atoms with Crippen LogP contribution in [0.1, 0.15) is 43.6 Å². The lowest BCUT2D eigenvalue weighted by Crippen LogP contribution is -2.23. The molecule has 6 aromatic rings. The standard InChI is InChI=1S/C35H32FN5O4S/c1-4-17-44-28-15-13-24(20-27(28)36)33-25(22-40(39-33)26-9-7-6-8-10-26)21-31-34(42)41-35(46-31)37-32(38-41)16-12-23-11-14-29(45-18-5-2)30(19-23)43-3/h6-16,19-22H,4-5,17-18H2,1-3H3/b16-12+,31-21-. The van der Waals surface area contributed by atoms with Crippen molar-refractivity contribution >= 4 is 34.5 Å². The van der Waals surface area contributed by atoms with Crippen LogP contribution in [0.4, 0.5) is 4.39 Å². The first-order valence-electron chi connectivity index (χ1n) is 15.0. The van der Waals surface area contributed by atoms with E-state index in [0.29, 0.717) is 56.9 Å². The Labute approximate surface area is 268 Å². The maximum atomic E-state index is 15.0. The summed E-state index contributed by atoms with van der Waals surface area (Å²) in [5.41, 5.74) is 3.12. The van der Waals surface area contributed by atoms with Crippen molar-refractivity contribution in [1.29, 1.82) is 0 Å². The number of hydrogen-bond acceptors (Lipinski definition) is 8. The fourth-order valence-electron chi connectivity index (χ4n) is 4.76. The molecule has 0 aliphatic heterocycles. The molecule has 234 valence electrons. The quantitative estimate of drug-likeness (QED) is 0.152.